The second-order valence-corrected chi connectivity index (χ2v) is 5.40. The number of benzene rings is 1. The number of carboxylic acids is 1. The average molecular weight is 388 g/mol. The lowest BCUT2D eigenvalue weighted by atomic mass is 10.1. The van der Waals surface area contributed by atoms with Crippen molar-refractivity contribution in [2.45, 2.75) is 11.4 Å². The van der Waals surface area contributed by atoms with Gasteiger partial charge in [-0.25, -0.2) is 4.79 Å². The zero-order valence-electron chi connectivity index (χ0n) is 8.41. The van der Waals surface area contributed by atoms with E-state index in [9.17, 15) is 9.59 Å². The Morgan fingerprint density at radius 1 is 1.41 bits per heavy atom. The Balaban J connectivity index is 2.76. The van der Waals surface area contributed by atoms with Crippen LogP contribution < -0.4 is 5.32 Å². The van der Waals surface area contributed by atoms with E-state index in [0.29, 0.717) is 9.13 Å². The SMILES string of the molecule is O=C(O)c1cc(CNC(=O)C(Cl)Cl)ccc1I. The number of alkyl halides is 2. The van der Waals surface area contributed by atoms with Gasteiger partial charge in [-0.15, -0.1) is 0 Å². The highest BCUT2D eigenvalue weighted by Crippen LogP contribution is 2.14. The van der Waals surface area contributed by atoms with E-state index >= 15 is 0 Å². The fraction of sp³-hybridized carbons (Fsp3) is 0.200. The van der Waals surface area contributed by atoms with Crippen LogP contribution in [-0.4, -0.2) is 21.8 Å². The van der Waals surface area contributed by atoms with Crippen LogP contribution in [0, 0.1) is 3.57 Å². The van der Waals surface area contributed by atoms with Gasteiger partial charge in [-0.2, -0.15) is 0 Å². The highest BCUT2D eigenvalue weighted by Gasteiger charge is 2.12. The molecule has 0 aliphatic carbocycles. The van der Waals surface area contributed by atoms with Crippen LogP contribution in [0.25, 0.3) is 0 Å². The fourth-order valence-electron chi connectivity index (χ4n) is 1.11. The van der Waals surface area contributed by atoms with Crippen LogP contribution in [0.2, 0.25) is 0 Å². The predicted molar refractivity (Wildman–Crippen MR) is 73.5 cm³/mol. The quantitative estimate of drug-likeness (QED) is 0.615. The summed E-state index contributed by atoms with van der Waals surface area (Å²) in [5, 5.41) is 11.4. The van der Waals surface area contributed by atoms with Crippen molar-refractivity contribution in [3.63, 3.8) is 0 Å². The molecule has 1 aromatic carbocycles. The van der Waals surface area contributed by atoms with Gasteiger partial charge in [-0.1, -0.05) is 29.3 Å². The van der Waals surface area contributed by atoms with Crippen LogP contribution in [0.5, 0.6) is 0 Å². The molecular formula is C10H8Cl2INO3. The van der Waals surface area contributed by atoms with E-state index in [1.165, 1.54) is 6.07 Å². The summed E-state index contributed by atoms with van der Waals surface area (Å²) in [7, 11) is 0. The molecule has 0 aliphatic rings. The van der Waals surface area contributed by atoms with Crippen molar-refractivity contribution in [1.82, 2.24) is 5.32 Å². The maximum Gasteiger partial charge on any atom is 0.336 e. The molecule has 0 radical (unpaired) electrons. The Kier molecular flexibility index (Phi) is 5.48. The molecule has 0 saturated heterocycles. The Morgan fingerprint density at radius 2 is 2.06 bits per heavy atom. The second kappa shape index (κ2) is 6.42. The minimum Gasteiger partial charge on any atom is -0.478 e. The van der Waals surface area contributed by atoms with Gasteiger partial charge >= 0.3 is 5.97 Å². The first kappa shape index (κ1) is 14.5. The average Bonchev–Trinajstić information content (AvgIpc) is 2.26. The first-order valence-corrected chi connectivity index (χ1v) is 6.44. The number of halogens is 3. The molecule has 0 spiro atoms. The van der Waals surface area contributed by atoms with E-state index in [0.717, 1.165) is 0 Å². The van der Waals surface area contributed by atoms with E-state index in [2.05, 4.69) is 5.32 Å². The summed E-state index contributed by atoms with van der Waals surface area (Å²) in [6.07, 6.45) is 0. The molecule has 17 heavy (non-hydrogen) atoms. The summed E-state index contributed by atoms with van der Waals surface area (Å²) in [6, 6.07) is 4.90. The standard InChI is InChI=1S/C10H8Cl2INO3/c11-8(12)9(15)14-4-5-1-2-7(13)6(3-5)10(16)17/h1-3,8H,4H2,(H,14,15)(H,16,17). The third kappa shape index (κ3) is 4.33. The van der Waals surface area contributed by atoms with Gasteiger partial charge in [-0.05, 0) is 40.3 Å². The van der Waals surface area contributed by atoms with E-state index in [1.54, 1.807) is 12.1 Å². The van der Waals surface area contributed by atoms with Crippen LogP contribution in [0.3, 0.4) is 0 Å². The molecule has 0 fully saturated rings. The van der Waals surface area contributed by atoms with Crippen LogP contribution in [0.4, 0.5) is 0 Å². The third-order valence-corrected chi connectivity index (χ3v) is 3.26. The first-order chi connectivity index (χ1) is 7.91. The van der Waals surface area contributed by atoms with Crippen LogP contribution in [0.15, 0.2) is 18.2 Å². The normalized spacial score (nSPS) is 10.4. The lowest BCUT2D eigenvalue weighted by Gasteiger charge is -2.07. The Labute approximate surface area is 121 Å². The molecule has 0 atom stereocenters. The van der Waals surface area contributed by atoms with Crippen molar-refractivity contribution in [3.05, 3.63) is 32.9 Å². The van der Waals surface area contributed by atoms with Crippen molar-refractivity contribution in [3.8, 4) is 0 Å². The van der Waals surface area contributed by atoms with Crippen LogP contribution in [0.1, 0.15) is 15.9 Å². The Bertz CT molecular complexity index is 451. The van der Waals surface area contributed by atoms with E-state index < -0.39 is 16.7 Å². The van der Waals surface area contributed by atoms with Gasteiger partial charge in [0.15, 0.2) is 4.84 Å². The molecule has 0 unspecified atom stereocenters. The molecule has 0 aromatic heterocycles. The molecule has 2 N–H and O–H groups in total. The number of hydrogen-bond donors (Lipinski definition) is 2. The van der Waals surface area contributed by atoms with Crippen molar-refractivity contribution < 1.29 is 14.7 Å². The largest absolute Gasteiger partial charge is 0.478 e. The number of carbonyl (C=O) groups excluding carboxylic acids is 1. The van der Waals surface area contributed by atoms with Gasteiger partial charge < -0.3 is 10.4 Å². The highest BCUT2D eigenvalue weighted by molar-refractivity contribution is 14.1. The number of carboxylic acid groups (broad SMARTS) is 1. The number of hydrogen-bond acceptors (Lipinski definition) is 2. The van der Waals surface area contributed by atoms with E-state index in [-0.39, 0.29) is 12.1 Å². The molecule has 1 aromatic rings. The molecular weight excluding hydrogens is 380 g/mol. The van der Waals surface area contributed by atoms with Crippen molar-refractivity contribution in [2.75, 3.05) is 0 Å². The fourth-order valence-corrected chi connectivity index (χ4v) is 1.83. The zero-order chi connectivity index (χ0) is 13.0. The van der Waals surface area contributed by atoms with Gasteiger partial charge in [0.2, 0.25) is 0 Å². The molecule has 0 aliphatic heterocycles. The third-order valence-electron chi connectivity index (χ3n) is 1.93. The van der Waals surface area contributed by atoms with Crippen molar-refractivity contribution in [1.29, 1.82) is 0 Å². The molecule has 92 valence electrons. The summed E-state index contributed by atoms with van der Waals surface area (Å²) in [5.41, 5.74) is 0.871. The van der Waals surface area contributed by atoms with Gasteiger partial charge in [0.1, 0.15) is 0 Å². The maximum atomic E-state index is 11.1. The summed E-state index contributed by atoms with van der Waals surface area (Å²) >= 11 is 12.7. The molecule has 1 amide bonds. The lowest BCUT2D eigenvalue weighted by Crippen LogP contribution is -2.27. The molecule has 7 heteroatoms. The molecule has 4 nitrogen and oxygen atoms in total. The topological polar surface area (TPSA) is 66.4 Å². The Hall–Kier alpha value is -0.530. The predicted octanol–water partition coefficient (Wildman–Crippen LogP) is 2.41. The lowest BCUT2D eigenvalue weighted by molar-refractivity contribution is -0.119. The van der Waals surface area contributed by atoms with Crippen LogP contribution >= 0.6 is 45.8 Å². The van der Waals surface area contributed by atoms with Crippen molar-refractivity contribution in [2.24, 2.45) is 0 Å². The van der Waals surface area contributed by atoms with Gasteiger partial charge in [0.25, 0.3) is 5.91 Å². The number of nitrogens with one attached hydrogen (secondary N) is 1. The van der Waals surface area contributed by atoms with Crippen molar-refractivity contribution >= 4 is 57.7 Å². The van der Waals surface area contributed by atoms with E-state index in [1.807, 2.05) is 22.6 Å². The summed E-state index contributed by atoms with van der Waals surface area (Å²) < 4.78 is 0.637. The minimum absolute atomic E-state index is 0.186. The van der Waals surface area contributed by atoms with Gasteiger partial charge in [-0.3, -0.25) is 4.79 Å². The molecule has 0 saturated carbocycles. The number of rotatable bonds is 4. The molecule has 1 rings (SSSR count). The second-order valence-electron chi connectivity index (χ2n) is 3.14. The minimum atomic E-state index is -1.13. The first-order valence-electron chi connectivity index (χ1n) is 4.49. The monoisotopic (exact) mass is 387 g/mol. The number of amides is 1. The van der Waals surface area contributed by atoms with E-state index in [4.69, 9.17) is 28.3 Å². The number of aromatic carboxylic acids is 1. The maximum absolute atomic E-state index is 11.1. The number of carbonyl (C=O) groups is 2. The Morgan fingerprint density at radius 3 is 2.59 bits per heavy atom. The smallest absolute Gasteiger partial charge is 0.336 e. The zero-order valence-corrected chi connectivity index (χ0v) is 12.1. The molecule has 0 heterocycles. The summed E-state index contributed by atoms with van der Waals surface area (Å²) in [5.74, 6) is -1.51. The van der Waals surface area contributed by atoms with Gasteiger partial charge in [0.05, 0.1) is 5.56 Å². The summed E-state index contributed by atoms with van der Waals surface area (Å²) in [6.45, 7) is 0.186. The van der Waals surface area contributed by atoms with Crippen LogP contribution in [-0.2, 0) is 11.3 Å². The highest BCUT2D eigenvalue weighted by atomic mass is 127. The molecule has 0 bridgehead atoms. The van der Waals surface area contributed by atoms with Gasteiger partial charge in [0, 0.05) is 10.1 Å². The summed E-state index contributed by atoms with van der Waals surface area (Å²) in [4.78, 5) is 20.9.